The van der Waals surface area contributed by atoms with Gasteiger partial charge in [0.05, 0.1) is 0 Å². The van der Waals surface area contributed by atoms with Gasteiger partial charge in [-0.3, -0.25) is 4.79 Å². The van der Waals surface area contributed by atoms with Crippen LogP contribution in [0.15, 0.2) is 24.3 Å². The number of halogens is 1. The van der Waals surface area contributed by atoms with E-state index in [4.69, 9.17) is 0 Å². The molecule has 0 atom stereocenters. The molecule has 25 heavy (non-hydrogen) atoms. The van der Waals surface area contributed by atoms with Crippen molar-refractivity contribution in [2.45, 2.75) is 44.2 Å². The lowest BCUT2D eigenvalue weighted by atomic mass is 9.78. The molecule has 0 unspecified atom stereocenters. The molecule has 136 valence electrons. The molecule has 1 aromatic carbocycles. The molecule has 1 spiro atoms. The second-order valence-electron chi connectivity index (χ2n) is 7.35. The van der Waals surface area contributed by atoms with Crippen molar-refractivity contribution in [1.29, 1.82) is 0 Å². The monoisotopic (exact) mass is 347 g/mol. The number of urea groups is 1. The van der Waals surface area contributed by atoms with Crippen LogP contribution in [0.4, 0.5) is 9.18 Å². The molecular weight excluding hydrogens is 321 g/mol. The highest BCUT2D eigenvalue weighted by Crippen LogP contribution is 2.39. The van der Waals surface area contributed by atoms with Crippen LogP contribution in [0.25, 0.3) is 0 Å². The maximum atomic E-state index is 13.5. The van der Waals surface area contributed by atoms with Crippen molar-refractivity contribution in [2.24, 2.45) is 0 Å². The Hall–Kier alpha value is -2.11. The maximum Gasteiger partial charge on any atom is 0.319 e. The molecule has 0 aromatic heterocycles. The fourth-order valence-electron chi connectivity index (χ4n) is 4.09. The Balaban J connectivity index is 1.76. The fraction of sp³-hybridized carbons (Fsp3) is 0.579. The predicted molar refractivity (Wildman–Crippen MR) is 93.4 cm³/mol. The molecule has 3 amide bonds. The van der Waals surface area contributed by atoms with Crippen LogP contribution < -0.4 is 0 Å². The standard InChI is InChI=1S/C19H26FN3O2/c1-21(2)18(25)22-11-9-19(10-12-22)8-4-7-17(24)23(19)14-15-5-3-6-16(20)13-15/h3,5-6,13H,4,7-12,14H2,1-2H3. The summed E-state index contributed by atoms with van der Waals surface area (Å²) in [4.78, 5) is 30.2. The minimum atomic E-state index is -0.276. The summed E-state index contributed by atoms with van der Waals surface area (Å²) in [6, 6.07) is 6.49. The molecular formula is C19H26FN3O2. The van der Waals surface area contributed by atoms with Gasteiger partial charge in [-0.05, 0) is 43.4 Å². The molecule has 2 aliphatic rings. The van der Waals surface area contributed by atoms with Gasteiger partial charge in [-0.1, -0.05) is 12.1 Å². The van der Waals surface area contributed by atoms with Gasteiger partial charge in [0.1, 0.15) is 5.82 Å². The van der Waals surface area contributed by atoms with E-state index in [9.17, 15) is 14.0 Å². The number of hydrogen-bond donors (Lipinski definition) is 0. The number of amides is 3. The third-order valence-corrected chi connectivity index (χ3v) is 5.48. The lowest BCUT2D eigenvalue weighted by Crippen LogP contribution is -2.60. The van der Waals surface area contributed by atoms with Gasteiger partial charge in [0.2, 0.25) is 5.91 Å². The van der Waals surface area contributed by atoms with E-state index < -0.39 is 0 Å². The van der Waals surface area contributed by atoms with Crippen LogP contribution in [-0.4, -0.2) is 59.4 Å². The molecule has 2 aliphatic heterocycles. The Kier molecular flexibility index (Phi) is 4.97. The maximum absolute atomic E-state index is 13.5. The first-order valence-electron chi connectivity index (χ1n) is 8.92. The molecule has 1 aromatic rings. The minimum Gasteiger partial charge on any atom is -0.333 e. The predicted octanol–water partition coefficient (Wildman–Crippen LogP) is 2.85. The molecule has 0 bridgehead atoms. The first-order valence-corrected chi connectivity index (χ1v) is 8.92. The second kappa shape index (κ2) is 7.02. The first-order chi connectivity index (χ1) is 11.9. The van der Waals surface area contributed by atoms with Gasteiger partial charge in [0.15, 0.2) is 0 Å². The highest BCUT2D eigenvalue weighted by molar-refractivity contribution is 5.78. The molecule has 0 aliphatic carbocycles. The van der Waals surface area contributed by atoms with Crippen molar-refractivity contribution >= 4 is 11.9 Å². The van der Waals surface area contributed by atoms with Crippen LogP contribution in [0.1, 0.15) is 37.7 Å². The van der Waals surface area contributed by atoms with E-state index in [2.05, 4.69) is 0 Å². The van der Waals surface area contributed by atoms with E-state index in [1.807, 2.05) is 15.9 Å². The third-order valence-electron chi connectivity index (χ3n) is 5.48. The SMILES string of the molecule is CN(C)C(=O)N1CCC2(CCCC(=O)N2Cc2cccc(F)c2)CC1. The van der Waals surface area contributed by atoms with Crippen LogP contribution in [0.5, 0.6) is 0 Å². The van der Waals surface area contributed by atoms with Crippen molar-refractivity contribution in [3.05, 3.63) is 35.6 Å². The summed E-state index contributed by atoms with van der Waals surface area (Å²) in [5.41, 5.74) is 0.617. The number of rotatable bonds is 2. The summed E-state index contributed by atoms with van der Waals surface area (Å²) < 4.78 is 13.5. The molecule has 0 saturated carbocycles. The van der Waals surface area contributed by atoms with E-state index in [1.54, 1.807) is 25.1 Å². The zero-order chi connectivity index (χ0) is 18.0. The molecule has 3 rings (SSSR count). The Morgan fingerprint density at radius 1 is 1.24 bits per heavy atom. The van der Waals surface area contributed by atoms with Crippen LogP contribution in [-0.2, 0) is 11.3 Å². The van der Waals surface area contributed by atoms with Crippen molar-refractivity contribution < 1.29 is 14.0 Å². The summed E-state index contributed by atoms with van der Waals surface area (Å²) in [5, 5.41) is 0. The molecule has 0 N–H and O–H groups in total. The van der Waals surface area contributed by atoms with Crippen molar-refractivity contribution in [3.8, 4) is 0 Å². The fourth-order valence-corrected chi connectivity index (χ4v) is 4.09. The summed E-state index contributed by atoms with van der Waals surface area (Å²) in [5.74, 6) is -0.134. The molecule has 2 heterocycles. The zero-order valence-electron chi connectivity index (χ0n) is 15.0. The first kappa shape index (κ1) is 17.7. The largest absolute Gasteiger partial charge is 0.333 e. The number of hydrogen-bond acceptors (Lipinski definition) is 2. The smallest absolute Gasteiger partial charge is 0.319 e. The molecule has 2 fully saturated rings. The number of carbonyl (C=O) groups excluding carboxylic acids is 2. The van der Waals surface area contributed by atoms with Crippen LogP contribution >= 0.6 is 0 Å². The number of piperidine rings is 2. The second-order valence-corrected chi connectivity index (χ2v) is 7.35. The summed E-state index contributed by atoms with van der Waals surface area (Å²) >= 11 is 0. The number of nitrogens with zero attached hydrogens (tertiary/aromatic N) is 3. The van der Waals surface area contributed by atoms with Crippen LogP contribution in [0.3, 0.4) is 0 Å². The zero-order valence-corrected chi connectivity index (χ0v) is 15.0. The van der Waals surface area contributed by atoms with Gasteiger partial charge in [-0.25, -0.2) is 9.18 Å². The Labute approximate surface area is 148 Å². The van der Waals surface area contributed by atoms with Crippen molar-refractivity contribution in [2.75, 3.05) is 27.2 Å². The number of carbonyl (C=O) groups is 2. The Morgan fingerprint density at radius 2 is 1.96 bits per heavy atom. The topological polar surface area (TPSA) is 43.9 Å². The van der Waals surface area contributed by atoms with Gasteiger partial charge in [0, 0.05) is 45.7 Å². The van der Waals surface area contributed by atoms with Gasteiger partial charge in [-0.2, -0.15) is 0 Å². The van der Waals surface area contributed by atoms with Crippen LogP contribution in [0, 0.1) is 5.82 Å². The minimum absolute atomic E-state index is 0.0219. The lowest BCUT2D eigenvalue weighted by molar-refractivity contribution is -0.145. The summed E-state index contributed by atoms with van der Waals surface area (Å²) in [6.07, 6.45) is 3.97. The Morgan fingerprint density at radius 3 is 2.60 bits per heavy atom. The number of benzene rings is 1. The average Bonchev–Trinajstić information content (AvgIpc) is 2.58. The number of likely N-dealkylation sites (tertiary alicyclic amines) is 2. The van der Waals surface area contributed by atoms with E-state index in [1.165, 1.54) is 12.1 Å². The van der Waals surface area contributed by atoms with Gasteiger partial charge >= 0.3 is 6.03 Å². The summed E-state index contributed by atoms with van der Waals surface area (Å²) in [6.45, 7) is 1.76. The van der Waals surface area contributed by atoms with E-state index in [0.717, 1.165) is 31.2 Å². The highest BCUT2D eigenvalue weighted by Gasteiger charge is 2.45. The van der Waals surface area contributed by atoms with Gasteiger partial charge < -0.3 is 14.7 Å². The van der Waals surface area contributed by atoms with Gasteiger partial charge in [0.25, 0.3) is 0 Å². The molecule has 6 heteroatoms. The van der Waals surface area contributed by atoms with E-state index in [0.29, 0.717) is 26.1 Å². The Bertz CT molecular complexity index is 654. The van der Waals surface area contributed by atoms with Gasteiger partial charge in [-0.15, -0.1) is 0 Å². The normalized spacial score (nSPS) is 20.0. The van der Waals surface area contributed by atoms with Crippen molar-refractivity contribution in [1.82, 2.24) is 14.7 Å². The molecule has 2 saturated heterocycles. The highest BCUT2D eigenvalue weighted by atomic mass is 19.1. The third kappa shape index (κ3) is 3.62. The summed E-state index contributed by atoms with van der Waals surface area (Å²) in [7, 11) is 3.51. The quantitative estimate of drug-likeness (QED) is 0.826. The molecule has 0 radical (unpaired) electrons. The lowest BCUT2D eigenvalue weighted by Gasteiger charge is -2.51. The molecule has 5 nitrogen and oxygen atoms in total. The van der Waals surface area contributed by atoms with E-state index >= 15 is 0 Å². The van der Waals surface area contributed by atoms with Crippen molar-refractivity contribution in [3.63, 3.8) is 0 Å². The average molecular weight is 347 g/mol. The van der Waals surface area contributed by atoms with E-state index in [-0.39, 0.29) is 23.3 Å². The van der Waals surface area contributed by atoms with Crippen LogP contribution in [0.2, 0.25) is 0 Å².